The number of rotatable bonds is 2. The van der Waals surface area contributed by atoms with Crippen LogP contribution in [-0.2, 0) is 6.61 Å². The molecule has 3 N–H and O–H groups in total. The Labute approximate surface area is 91.7 Å². The van der Waals surface area contributed by atoms with Crippen LogP contribution < -0.4 is 5.56 Å². The summed E-state index contributed by atoms with van der Waals surface area (Å²) in [5, 5.41) is 24.8. The summed E-state index contributed by atoms with van der Waals surface area (Å²) < 4.78 is 0.307. The van der Waals surface area contributed by atoms with Crippen molar-refractivity contribution in [3.05, 3.63) is 26.7 Å². The summed E-state index contributed by atoms with van der Waals surface area (Å²) in [6.45, 7) is -0.259. The molecule has 0 spiro atoms. The van der Waals surface area contributed by atoms with E-state index >= 15 is 0 Å². The lowest BCUT2D eigenvalue weighted by Gasteiger charge is -1.99. The van der Waals surface area contributed by atoms with Crippen molar-refractivity contribution in [2.75, 3.05) is 0 Å². The van der Waals surface area contributed by atoms with E-state index in [1.165, 1.54) is 6.20 Å². The van der Waals surface area contributed by atoms with E-state index in [-0.39, 0.29) is 12.2 Å². The molecule has 0 bridgehead atoms. The number of aromatic nitrogens is 5. The van der Waals surface area contributed by atoms with Gasteiger partial charge in [0.25, 0.3) is 5.56 Å². The van der Waals surface area contributed by atoms with E-state index in [0.717, 1.165) is 0 Å². The minimum atomic E-state index is -0.362. The second-order valence-corrected chi connectivity index (χ2v) is 3.50. The fourth-order valence-electron chi connectivity index (χ4n) is 1.13. The normalized spacial score (nSPS) is 10.5. The number of aliphatic hydroxyl groups excluding tert-OH is 1. The third-order valence-corrected chi connectivity index (χ3v) is 2.61. The smallest absolute Gasteiger partial charge is 0.279 e. The second-order valence-electron chi connectivity index (χ2n) is 2.70. The molecule has 2 aromatic rings. The number of halogens is 1. The van der Waals surface area contributed by atoms with E-state index in [9.17, 15) is 4.79 Å². The van der Waals surface area contributed by atoms with Crippen molar-refractivity contribution in [3.8, 4) is 11.3 Å². The van der Waals surface area contributed by atoms with Crippen LogP contribution in [0.1, 0.15) is 5.69 Å². The molecule has 0 amide bonds. The number of nitrogens with zero attached hydrogens (tertiary/aromatic N) is 3. The zero-order valence-corrected chi connectivity index (χ0v) is 8.95. The molecule has 7 nitrogen and oxygen atoms in total. The molecule has 0 saturated heterocycles. The number of aliphatic hydroxyl groups is 1. The Morgan fingerprint density at radius 3 is 3.00 bits per heavy atom. The maximum Gasteiger partial charge on any atom is 0.279 e. The Morgan fingerprint density at radius 1 is 1.47 bits per heavy atom. The van der Waals surface area contributed by atoms with Crippen molar-refractivity contribution in [1.82, 2.24) is 25.6 Å². The molecule has 0 aliphatic carbocycles. The van der Waals surface area contributed by atoms with E-state index in [2.05, 4.69) is 41.5 Å². The summed E-state index contributed by atoms with van der Waals surface area (Å²) in [4.78, 5) is 11.2. The average Bonchev–Trinajstić information content (AvgIpc) is 2.70. The van der Waals surface area contributed by atoms with Crippen molar-refractivity contribution in [2.24, 2.45) is 0 Å². The molecular formula is C7H6BrN5O2. The van der Waals surface area contributed by atoms with Gasteiger partial charge in [0, 0.05) is 5.56 Å². The molecular weight excluding hydrogens is 266 g/mol. The molecule has 2 heterocycles. The molecule has 78 valence electrons. The highest BCUT2D eigenvalue weighted by atomic mass is 79.9. The summed E-state index contributed by atoms with van der Waals surface area (Å²) >= 11 is 3.12. The van der Waals surface area contributed by atoms with E-state index in [1.807, 2.05) is 0 Å². The van der Waals surface area contributed by atoms with Gasteiger partial charge in [0.2, 0.25) is 0 Å². The zero-order chi connectivity index (χ0) is 10.8. The van der Waals surface area contributed by atoms with E-state index in [0.29, 0.717) is 21.4 Å². The zero-order valence-electron chi connectivity index (χ0n) is 7.36. The van der Waals surface area contributed by atoms with Crippen LogP contribution in [0.3, 0.4) is 0 Å². The van der Waals surface area contributed by atoms with Crippen molar-refractivity contribution in [1.29, 1.82) is 0 Å². The highest BCUT2D eigenvalue weighted by molar-refractivity contribution is 9.10. The third kappa shape index (κ3) is 1.68. The number of H-pyrrole nitrogens is 2. The van der Waals surface area contributed by atoms with Crippen LogP contribution in [0.4, 0.5) is 0 Å². The monoisotopic (exact) mass is 271 g/mol. The first kappa shape index (κ1) is 9.99. The van der Waals surface area contributed by atoms with Gasteiger partial charge in [0.15, 0.2) is 0 Å². The first-order valence-corrected chi connectivity index (χ1v) is 4.77. The van der Waals surface area contributed by atoms with Crippen molar-refractivity contribution >= 4 is 15.9 Å². The molecule has 0 aromatic carbocycles. The van der Waals surface area contributed by atoms with Gasteiger partial charge >= 0.3 is 0 Å². The van der Waals surface area contributed by atoms with Crippen LogP contribution in [0.2, 0.25) is 0 Å². The maximum absolute atomic E-state index is 11.2. The van der Waals surface area contributed by atoms with Crippen LogP contribution in [0.5, 0.6) is 0 Å². The van der Waals surface area contributed by atoms with Crippen LogP contribution in [0.25, 0.3) is 11.3 Å². The highest BCUT2D eigenvalue weighted by Gasteiger charge is 2.14. The lowest BCUT2D eigenvalue weighted by atomic mass is 10.2. The van der Waals surface area contributed by atoms with E-state index in [4.69, 9.17) is 5.11 Å². The van der Waals surface area contributed by atoms with Crippen LogP contribution in [0, 0.1) is 0 Å². The molecule has 0 fully saturated rings. The largest absolute Gasteiger partial charge is 0.390 e. The molecule has 0 aliphatic rings. The Balaban J connectivity index is 2.64. The molecule has 0 radical (unpaired) electrons. The Kier molecular flexibility index (Phi) is 2.60. The summed E-state index contributed by atoms with van der Waals surface area (Å²) in [5.74, 6) is 0. The van der Waals surface area contributed by atoms with Gasteiger partial charge in [-0.25, -0.2) is 5.10 Å². The summed E-state index contributed by atoms with van der Waals surface area (Å²) in [6.07, 6.45) is 1.43. The SMILES string of the molecule is O=c1[nH]ncc(-c2n[nH]nc2CO)c1Br. The molecule has 0 atom stereocenters. The average molecular weight is 272 g/mol. The van der Waals surface area contributed by atoms with E-state index in [1.54, 1.807) is 0 Å². The predicted octanol–water partition coefficient (Wildman–Crippen LogP) is -0.190. The number of hydrogen-bond donors (Lipinski definition) is 3. The summed E-state index contributed by atoms with van der Waals surface area (Å²) in [7, 11) is 0. The van der Waals surface area contributed by atoms with Gasteiger partial charge < -0.3 is 5.11 Å². The van der Waals surface area contributed by atoms with Gasteiger partial charge in [-0.2, -0.15) is 20.5 Å². The van der Waals surface area contributed by atoms with E-state index < -0.39 is 0 Å². The molecule has 2 rings (SSSR count). The number of nitrogens with one attached hydrogen (secondary N) is 2. The third-order valence-electron chi connectivity index (χ3n) is 1.82. The second kappa shape index (κ2) is 3.91. The fourth-order valence-corrected chi connectivity index (χ4v) is 1.51. The Bertz CT molecular complexity index is 534. The van der Waals surface area contributed by atoms with Crippen LogP contribution >= 0.6 is 15.9 Å². The molecule has 0 unspecified atom stereocenters. The first-order chi connectivity index (χ1) is 7.24. The fraction of sp³-hybridized carbons (Fsp3) is 0.143. The lowest BCUT2D eigenvalue weighted by molar-refractivity contribution is 0.277. The lowest BCUT2D eigenvalue weighted by Crippen LogP contribution is -2.09. The van der Waals surface area contributed by atoms with Crippen LogP contribution in [-0.4, -0.2) is 30.7 Å². The number of aromatic amines is 2. The minimum Gasteiger partial charge on any atom is -0.390 e. The molecule has 0 saturated carbocycles. The minimum absolute atomic E-state index is 0.259. The highest BCUT2D eigenvalue weighted by Crippen LogP contribution is 2.23. The first-order valence-electron chi connectivity index (χ1n) is 3.98. The summed E-state index contributed by atoms with van der Waals surface area (Å²) in [6, 6.07) is 0. The quantitative estimate of drug-likeness (QED) is 0.702. The van der Waals surface area contributed by atoms with Gasteiger partial charge in [0.05, 0.1) is 17.3 Å². The molecule has 8 heteroatoms. The molecule has 2 aromatic heterocycles. The van der Waals surface area contributed by atoms with Crippen molar-refractivity contribution in [2.45, 2.75) is 6.61 Å². The van der Waals surface area contributed by atoms with Gasteiger partial charge in [-0.1, -0.05) is 0 Å². The van der Waals surface area contributed by atoms with Crippen molar-refractivity contribution in [3.63, 3.8) is 0 Å². The van der Waals surface area contributed by atoms with Gasteiger partial charge in [-0.15, -0.1) is 0 Å². The Hall–Kier alpha value is -1.54. The summed E-state index contributed by atoms with van der Waals surface area (Å²) in [5.41, 5.74) is 0.891. The standard InChI is InChI=1S/C7H6BrN5O2/c8-5-3(1-9-12-7(5)15)6-4(2-14)10-13-11-6/h1,14H,2H2,(H,12,15)(H,10,11,13). The molecule has 15 heavy (non-hydrogen) atoms. The van der Waals surface area contributed by atoms with Gasteiger partial charge in [-0.3, -0.25) is 4.79 Å². The van der Waals surface area contributed by atoms with Crippen molar-refractivity contribution < 1.29 is 5.11 Å². The predicted molar refractivity (Wildman–Crippen MR) is 53.9 cm³/mol. The topological polar surface area (TPSA) is 108 Å². The van der Waals surface area contributed by atoms with Gasteiger partial charge in [-0.05, 0) is 15.9 Å². The Morgan fingerprint density at radius 2 is 2.27 bits per heavy atom. The maximum atomic E-state index is 11.2. The van der Waals surface area contributed by atoms with Crippen LogP contribution in [0.15, 0.2) is 15.5 Å². The molecule has 0 aliphatic heterocycles. The van der Waals surface area contributed by atoms with Gasteiger partial charge in [0.1, 0.15) is 11.4 Å². The number of hydrogen-bond acceptors (Lipinski definition) is 5.